The summed E-state index contributed by atoms with van der Waals surface area (Å²) < 4.78 is 5.35. The molecule has 1 atom stereocenters. The minimum Gasteiger partial charge on any atom is -0.497 e. The summed E-state index contributed by atoms with van der Waals surface area (Å²) in [6.45, 7) is 4.96. The highest BCUT2D eigenvalue weighted by molar-refractivity contribution is 7.08. The van der Waals surface area contributed by atoms with Gasteiger partial charge in [-0.15, -0.1) is 0 Å². The maximum absolute atomic E-state index is 12.7. The van der Waals surface area contributed by atoms with Crippen LogP contribution in [0.15, 0.2) is 41.1 Å². The summed E-state index contributed by atoms with van der Waals surface area (Å²) in [6.07, 6.45) is 3.57. The lowest BCUT2D eigenvalue weighted by molar-refractivity contribution is 0.0675. The number of piperidine rings is 1. The Morgan fingerprint density at radius 1 is 1.23 bits per heavy atom. The molecule has 0 aliphatic carbocycles. The molecule has 5 heteroatoms. The van der Waals surface area contributed by atoms with Crippen molar-refractivity contribution < 1.29 is 9.53 Å². The van der Waals surface area contributed by atoms with E-state index in [1.807, 2.05) is 22.9 Å². The van der Waals surface area contributed by atoms with Crippen molar-refractivity contribution in [2.24, 2.45) is 5.41 Å². The summed E-state index contributed by atoms with van der Waals surface area (Å²) in [4.78, 5) is 17.3. The number of nitrogens with zero attached hydrogens (tertiary/aromatic N) is 2. The van der Waals surface area contributed by atoms with Crippen LogP contribution in [0, 0.1) is 5.41 Å². The van der Waals surface area contributed by atoms with Crippen LogP contribution in [0.2, 0.25) is 0 Å². The summed E-state index contributed by atoms with van der Waals surface area (Å²) in [5.74, 6) is 1.12. The van der Waals surface area contributed by atoms with Gasteiger partial charge in [0.2, 0.25) is 0 Å². The topological polar surface area (TPSA) is 32.8 Å². The molecule has 2 aliphatic heterocycles. The predicted octanol–water partition coefficient (Wildman–Crippen LogP) is 3.89. The lowest BCUT2D eigenvalue weighted by Gasteiger charge is -2.40. The second kappa shape index (κ2) is 7.41. The van der Waals surface area contributed by atoms with Crippen molar-refractivity contribution in [1.82, 2.24) is 9.80 Å². The van der Waals surface area contributed by atoms with Gasteiger partial charge in [-0.05, 0) is 54.9 Å². The van der Waals surface area contributed by atoms with Crippen LogP contribution in [0.4, 0.5) is 0 Å². The fraction of sp³-hybridized carbons (Fsp3) is 0.476. The number of hydrogen-bond acceptors (Lipinski definition) is 4. The average molecular weight is 371 g/mol. The Bertz CT molecular complexity index is 761. The molecule has 2 fully saturated rings. The van der Waals surface area contributed by atoms with E-state index in [0.717, 1.165) is 50.5 Å². The number of likely N-dealkylation sites (tertiary alicyclic amines) is 2. The van der Waals surface area contributed by atoms with E-state index in [0.29, 0.717) is 0 Å². The molecule has 2 aromatic rings. The molecule has 0 bridgehead atoms. The number of ether oxygens (including phenoxy) is 1. The number of carbonyl (C=O) groups is 1. The largest absolute Gasteiger partial charge is 0.497 e. The molecule has 1 spiro atoms. The van der Waals surface area contributed by atoms with Gasteiger partial charge in [0.1, 0.15) is 5.75 Å². The number of carbonyl (C=O) groups excluding carboxylic acids is 1. The Morgan fingerprint density at radius 3 is 2.96 bits per heavy atom. The molecule has 1 aromatic carbocycles. The van der Waals surface area contributed by atoms with E-state index in [1.54, 1.807) is 18.4 Å². The molecule has 4 nitrogen and oxygen atoms in total. The molecule has 0 saturated carbocycles. The minimum atomic E-state index is 0.202. The van der Waals surface area contributed by atoms with Crippen molar-refractivity contribution >= 4 is 17.2 Å². The normalized spacial score (nSPS) is 23.5. The van der Waals surface area contributed by atoms with Crippen molar-refractivity contribution in [2.75, 3.05) is 33.3 Å². The Balaban J connectivity index is 1.41. The minimum absolute atomic E-state index is 0.202. The Kier molecular flexibility index (Phi) is 5.00. The zero-order chi connectivity index (χ0) is 18.0. The van der Waals surface area contributed by atoms with Gasteiger partial charge in [-0.2, -0.15) is 11.3 Å². The van der Waals surface area contributed by atoms with Crippen LogP contribution in [0.25, 0.3) is 0 Å². The molecule has 2 aliphatic rings. The standard InChI is InChI=1S/C21H26N2O2S/c1-25-19-5-2-4-17(12-19)13-22-9-3-7-21(15-22)8-10-23(16-21)20(24)18-6-11-26-14-18/h2,4-6,11-12,14H,3,7-10,13,15-16H2,1H3/t21-/m1/s1. The van der Waals surface area contributed by atoms with Crippen LogP contribution in [0.1, 0.15) is 35.2 Å². The lowest BCUT2D eigenvalue weighted by atomic mass is 9.79. The molecular formula is C21H26N2O2S. The van der Waals surface area contributed by atoms with Crippen molar-refractivity contribution in [3.63, 3.8) is 0 Å². The fourth-order valence-corrected chi connectivity index (χ4v) is 5.11. The Hall–Kier alpha value is -1.85. The molecule has 1 aromatic heterocycles. The van der Waals surface area contributed by atoms with Gasteiger partial charge in [-0.3, -0.25) is 9.69 Å². The Labute approximate surface area is 159 Å². The highest BCUT2D eigenvalue weighted by atomic mass is 32.1. The van der Waals surface area contributed by atoms with E-state index in [9.17, 15) is 4.79 Å². The number of amides is 1. The molecule has 3 heterocycles. The van der Waals surface area contributed by atoms with Gasteiger partial charge in [0.15, 0.2) is 0 Å². The first kappa shape index (κ1) is 17.6. The Morgan fingerprint density at radius 2 is 2.15 bits per heavy atom. The van der Waals surface area contributed by atoms with Gasteiger partial charge < -0.3 is 9.64 Å². The van der Waals surface area contributed by atoms with Gasteiger partial charge >= 0.3 is 0 Å². The van der Waals surface area contributed by atoms with Crippen molar-refractivity contribution in [2.45, 2.75) is 25.8 Å². The van der Waals surface area contributed by atoms with Crippen LogP contribution in [0.3, 0.4) is 0 Å². The smallest absolute Gasteiger partial charge is 0.254 e. The number of benzene rings is 1. The van der Waals surface area contributed by atoms with E-state index in [2.05, 4.69) is 28.0 Å². The van der Waals surface area contributed by atoms with Crippen LogP contribution >= 0.6 is 11.3 Å². The first-order chi connectivity index (χ1) is 12.7. The molecule has 1 amide bonds. The van der Waals surface area contributed by atoms with Crippen LogP contribution in [0.5, 0.6) is 5.75 Å². The summed E-state index contributed by atoms with van der Waals surface area (Å²) in [5, 5.41) is 3.94. The molecule has 0 unspecified atom stereocenters. The highest BCUT2D eigenvalue weighted by Gasteiger charge is 2.42. The van der Waals surface area contributed by atoms with Crippen LogP contribution in [-0.4, -0.2) is 49.0 Å². The van der Waals surface area contributed by atoms with Gasteiger partial charge in [0.25, 0.3) is 5.91 Å². The van der Waals surface area contributed by atoms with Crippen molar-refractivity contribution in [3.8, 4) is 5.75 Å². The second-order valence-corrected chi connectivity index (χ2v) is 8.43. The molecule has 26 heavy (non-hydrogen) atoms. The molecule has 4 rings (SSSR count). The van der Waals surface area contributed by atoms with Crippen molar-refractivity contribution in [3.05, 3.63) is 52.2 Å². The summed E-state index contributed by atoms with van der Waals surface area (Å²) >= 11 is 1.59. The first-order valence-electron chi connectivity index (χ1n) is 9.34. The second-order valence-electron chi connectivity index (χ2n) is 7.65. The predicted molar refractivity (Wildman–Crippen MR) is 105 cm³/mol. The monoisotopic (exact) mass is 370 g/mol. The zero-order valence-electron chi connectivity index (χ0n) is 15.3. The molecule has 0 radical (unpaired) electrons. The molecular weight excluding hydrogens is 344 g/mol. The van der Waals surface area contributed by atoms with Crippen LogP contribution < -0.4 is 4.74 Å². The van der Waals surface area contributed by atoms with E-state index in [1.165, 1.54) is 18.4 Å². The molecule has 138 valence electrons. The highest BCUT2D eigenvalue weighted by Crippen LogP contribution is 2.40. The third-order valence-electron chi connectivity index (χ3n) is 5.77. The van der Waals surface area contributed by atoms with E-state index in [-0.39, 0.29) is 11.3 Å². The lowest BCUT2D eigenvalue weighted by Crippen LogP contribution is -2.45. The van der Waals surface area contributed by atoms with E-state index in [4.69, 9.17) is 4.74 Å². The number of rotatable bonds is 4. The van der Waals surface area contributed by atoms with Gasteiger partial charge in [-0.25, -0.2) is 0 Å². The summed E-state index contributed by atoms with van der Waals surface area (Å²) in [5.41, 5.74) is 2.41. The van der Waals surface area contributed by atoms with Gasteiger partial charge in [0.05, 0.1) is 12.7 Å². The number of hydrogen-bond donors (Lipinski definition) is 0. The van der Waals surface area contributed by atoms with Gasteiger partial charge in [-0.1, -0.05) is 12.1 Å². The van der Waals surface area contributed by atoms with E-state index < -0.39 is 0 Å². The summed E-state index contributed by atoms with van der Waals surface area (Å²) in [6, 6.07) is 10.3. The number of thiophene rings is 1. The molecule has 0 N–H and O–H groups in total. The SMILES string of the molecule is COc1cccc(CN2CCC[C@@]3(CCN(C(=O)c4ccsc4)C3)C2)c1. The fourth-order valence-electron chi connectivity index (χ4n) is 4.48. The number of methoxy groups -OCH3 is 1. The quantitative estimate of drug-likeness (QED) is 0.819. The third-order valence-corrected chi connectivity index (χ3v) is 6.46. The summed E-state index contributed by atoms with van der Waals surface area (Å²) in [7, 11) is 1.71. The van der Waals surface area contributed by atoms with Gasteiger partial charge in [0, 0.05) is 37.0 Å². The average Bonchev–Trinajstić information content (AvgIpc) is 3.32. The van der Waals surface area contributed by atoms with Crippen molar-refractivity contribution in [1.29, 1.82) is 0 Å². The maximum atomic E-state index is 12.7. The first-order valence-corrected chi connectivity index (χ1v) is 10.3. The molecule has 2 saturated heterocycles. The van der Waals surface area contributed by atoms with Crippen LogP contribution in [-0.2, 0) is 6.54 Å². The third kappa shape index (κ3) is 3.64. The zero-order valence-corrected chi connectivity index (χ0v) is 16.1. The maximum Gasteiger partial charge on any atom is 0.254 e. The van der Waals surface area contributed by atoms with E-state index >= 15 is 0 Å².